The maximum Gasteiger partial charge on any atom is 0.227 e. The van der Waals surface area contributed by atoms with Crippen molar-refractivity contribution in [1.29, 1.82) is 0 Å². The molecule has 5 heterocycles. The Morgan fingerprint density at radius 3 is 2.61 bits per heavy atom. The SMILES string of the molecule is CN(C)CCNc1cc(F)cc(-c2nccc3[nH]c(-c4n[nH]c5ccc(-c6cncc(NC(=O)C7CCCCC7)c6)nc45)nc23)c1. The number of aromatic amines is 2. The summed E-state index contributed by atoms with van der Waals surface area (Å²) >= 11 is 0. The number of H-pyrrole nitrogens is 2. The van der Waals surface area contributed by atoms with Gasteiger partial charge in [-0.3, -0.25) is 19.9 Å². The molecule has 0 aliphatic heterocycles. The van der Waals surface area contributed by atoms with Gasteiger partial charge in [0.2, 0.25) is 5.91 Å². The van der Waals surface area contributed by atoms with Crippen LogP contribution in [0.25, 0.3) is 56.1 Å². The van der Waals surface area contributed by atoms with Crippen LogP contribution in [-0.2, 0) is 4.79 Å². The first-order valence-corrected chi connectivity index (χ1v) is 15.6. The van der Waals surface area contributed by atoms with E-state index in [1.165, 1.54) is 18.6 Å². The zero-order valence-corrected chi connectivity index (χ0v) is 25.8. The predicted octanol–water partition coefficient (Wildman–Crippen LogP) is 6.26. The van der Waals surface area contributed by atoms with Gasteiger partial charge in [0.25, 0.3) is 0 Å². The zero-order chi connectivity index (χ0) is 31.6. The van der Waals surface area contributed by atoms with E-state index in [4.69, 9.17) is 9.97 Å². The van der Waals surface area contributed by atoms with Crippen LogP contribution in [0.4, 0.5) is 15.8 Å². The third-order valence-electron chi connectivity index (χ3n) is 8.37. The summed E-state index contributed by atoms with van der Waals surface area (Å²) < 4.78 is 14.7. The number of likely N-dealkylation sites (N-methyl/N-ethyl adjacent to an activating group) is 1. The molecule has 1 aromatic carbocycles. The molecule has 0 unspecified atom stereocenters. The summed E-state index contributed by atoms with van der Waals surface area (Å²) in [7, 11) is 3.98. The van der Waals surface area contributed by atoms with Crippen molar-refractivity contribution in [3.05, 3.63) is 66.9 Å². The number of anilines is 2. The number of hydrogen-bond donors (Lipinski definition) is 4. The highest BCUT2D eigenvalue weighted by atomic mass is 19.1. The monoisotopic (exact) mass is 618 g/mol. The molecule has 1 saturated carbocycles. The first kappa shape index (κ1) is 29.5. The predicted molar refractivity (Wildman–Crippen MR) is 178 cm³/mol. The van der Waals surface area contributed by atoms with Crippen molar-refractivity contribution in [2.75, 3.05) is 37.8 Å². The molecule has 11 nitrogen and oxygen atoms in total. The molecule has 0 radical (unpaired) electrons. The molecular formula is C34H35FN10O. The smallest absolute Gasteiger partial charge is 0.227 e. The van der Waals surface area contributed by atoms with Crippen LogP contribution in [0.3, 0.4) is 0 Å². The van der Waals surface area contributed by atoms with Crippen LogP contribution < -0.4 is 10.6 Å². The number of benzene rings is 1. The van der Waals surface area contributed by atoms with Crippen molar-refractivity contribution in [2.24, 2.45) is 5.92 Å². The van der Waals surface area contributed by atoms with Gasteiger partial charge in [-0.05, 0) is 69.4 Å². The average Bonchev–Trinajstić information content (AvgIpc) is 3.69. The van der Waals surface area contributed by atoms with E-state index in [0.717, 1.165) is 48.8 Å². The average molecular weight is 619 g/mol. The fourth-order valence-corrected chi connectivity index (χ4v) is 5.99. The van der Waals surface area contributed by atoms with E-state index in [2.05, 4.69) is 40.7 Å². The number of aromatic nitrogens is 7. The Balaban J connectivity index is 1.19. The second kappa shape index (κ2) is 12.6. The lowest BCUT2D eigenvalue weighted by Crippen LogP contribution is -2.24. The first-order valence-electron chi connectivity index (χ1n) is 15.6. The maximum absolute atomic E-state index is 14.7. The molecule has 6 aromatic rings. The fraction of sp³-hybridized carbons (Fsp3) is 0.294. The zero-order valence-electron chi connectivity index (χ0n) is 25.8. The van der Waals surface area contributed by atoms with E-state index in [1.807, 2.05) is 44.4 Å². The van der Waals surface area contributed by atoms with Gasteiger partial charge in [0.15, 0.2) is 11.5 Å². The van der Waals surface area contributed by atoms with Crippen LogP contribution in [0.15, 0.2) is 61.1 Å². The summed E-state index contributed by atoms with van der Waals surface area (Å²) in [5.41, 5.74) is 7.20. The Bertz CT molecular complexity index is 2030. The van der Waals surface area contributed by atoms with Crippen LogP contribution in [0, 0.1) is 11.7 Å². The van der Waals surface area contributed by atoms with Crippen LogP contribution in [-0.4, -0.2) is 73.1 Å². The highest BCUT2D eigenvalue weighted by Gasteiger charge is 2.22. The lowest BCUT2D eigenvalue weighted by molar-refractivity contribution is -0.120. The van der Waals surface area contributed by atoms with Crippen LogP contribution in [0.5, 0.6) is 0 Å². The number of amides is 1. The fourth-order valence-electron chi connectivity index (χ4n) is 5.99. The van der Waals surface area contributed by atoms with Gasteiger partial charge < -0.3 is 20.5 Å². The summed E-state index contributed by atoms with van der Waals surface area (Å²) in [6.45, 7) is 1.49. The number of fused-ring (bicyclic) bond motifs is 2. The molecule has 0 spiro atoms. The Morgan fingerprint density at radius 2 is 1.76 bits per heavy atom. The van der Waals surface area contributed by atoms with Crippen LogP contribution in [0.2, 0.25) is 0 Å². The van der Waals surface area contributed by atoms with E-state index in [-0.39, 0.29) is 17.6 Å². The number of halogens is 1. The topological polar surface area (TPSA) is 140 Å². The molecule has 5 aromatic heterocycles. The summed E-state index contributed by atoms with van der Waals surface area (Å²) in [5, 5.41) is 13.9. The molecule has 0 atom stereocenters. The maximum atomic E-state index is 14.7. The molecular weight excluding hydrogens is 583 g/mol. The van der Waals surface area contributed by atoms with Gasteiger partial charge in [-0.15, -0.1) is 0 Å². The number of rotatable bonds is 9. The van der Waals surface area contributed by atoms with Gasteiger partial charge in [0.05, 0.1) is 34.3 Å². The van der Waals surface area contributed by atoms with Crippen molar-refractivity contribution in [1.82, 2.24) is 40.0 Å². The van der Waals surface area contributed by atoms with E-state index in [1.54, 1.807) is 18.6 Å². The molecule has 1 aliphatic rings. The standard InChI is InChI=1S/C34H35FN10O/c1-45(2)13-12-37-24-15-21(14-23(35)17-24)29-30-27(10-11-38-29)41-33(42-30)32-31-28(43-44-32)9-8-26(40-31)22-16-25(19-36-18-22)39-34(46)20-6-4-3-5-7-20/h8-11,14-20,37H,3-7,12-13H2,1-2H3,(H,39,46)(H,41,42)(H,43,44). The molecule has 7 rings (SSSR count). The van der Waals surface area contributed by atoms with Gasteiger partial charge in [-0.1, -0.05) is 19.3 Å². The summed E-state index contributed by atoms with van der Waals surface area (Å²) in [5.74, 6) is 0.245. The van der Waals surface area contributed by atoms with Crippen molar-refractivity contribution < 1.29 is 9.18 Å². The Hall–Kier alpha value is -5.23. The quantitative estimate of drug-likeness (QED) is 0.149. The minimum atomic E-state index is -0.360. The second-order valence-corrected chi connectivity index (χ2v) is 12.1. The summed E-state index contributed by atoms with van der Waals surface area (Å²) in [6.07, 6.45) is 10.3. The van der Waals surface area contributed by atoms with E-state index in [0.29, 0.717) is 57.4 Å². The Labute approximate surface area is 265 Å². The first-order chi connectivity index (χ1) is 22.4. The van der Waals surface area contributed by atoms with Gasteiger partial charge in [-0.2, -0.15) is 5.10 Å². The number of pyridine rings is 3. The molecule has 1 aliphatic carbocycles. The minimum absolute atomic E-state index is 0.0487. The van der Waals surface area contributed by atoms with E-state index < -0.39 is 0 Å². The van der Waals surface area contributed by atoms with E-state index >= 15 is 0 Å². The molecule has 1 amide bonds. The Morgan fingerprint density at radius 1 is 0.935 bits per heavy atom. The molecule has 4 N–H and O–H groups in total. The van der Waals surface area contributed by atoms with Gasteiger partial charge in [0, 0.05) is 48.2 Å². The number of nitrogens with one attached hydrogen (secondary N) is 4. The van der Waals surface area contributed by atoms with Crippen molar-refractivity contribution in [2.45, 2.75) is 32.1 Å². The summed E-state index contributed by atoms with van der Waals surface area (Å²) in [4.78, 5) is 37.0. The molecule has 0 bridgehead atoms. The van der Waals surface area contributed by atoms with Gasteiger partial charge in [-0.25, -0.2) is 14.4 Å². The number of imidazole rings is 1. The second-order valence-electron chi connectivity index (χ2n) is 12.1. The largest absolute Gasteiger partial charge is 0.384 e. The normalized spacial score (nSPS) is 13.9. The lowest BCUT2D eigenvalue weighted by Gasteiger charge is -2.20. The van der Waals surface area contributed by atoms with Crippen molar-refractivity contribution >= 4 is 39.3 Å². The van der Waals surface area contributed by atoms with Crippen molar-refractivity contribution in [3.63, 3.8) is 0 Å². The molecule has 0 saturated heterocycles. The van der Waals surface area contributed by atoms with Gasteiger partial charge >= 0.3 is 0 Å². The highest BCUT2D eigenvalue weighted by Crippen LogP contribution is 2.32. The van der Waals surface area contributed by atoms with Crippen molar-refractivity contribution in [3.8, 4) is 34.0 Å². The van der Waals surface area contributed by atoms with Crippen LogP contribution in [0.1, 0.15) is 32.1 Å². The minimum Gasteiger partial charge on any atom is -0.384 e. The lowest BCUT2D eigenvalue weighted by atomic mass is 9.88. The van der Waals surface area contributed by atoms with E-state index in [9.17, 15) is 9.18 Å². The van der Waals surface area contributed by atoms with Gasteiger partial charge in [0.1, 0.15) is 16.9 Å². The number of nitrogens with zero attached hydrogens (tertiary/aromatic N) is 6. The third kappa shape index (κ3) is 6.16. The number of carbonyl (C=O) groups excluding carboxylic acids is 1. The number of hydrogen-bond acceptors (Lipinski definition) is 8. The molecule has 12 heteroatoms. The highest BCUT2D eigenvalue weighted by molar-refractivity contribution is 5.96. The van der Waals surface area contributed by atoms with Crippen LogP contribution >= 0.6 is 0 Å². The summed E-state index contributed by atoms with van der Waals surface area (Å²) in [6, 6.07) is 12.3. The molecule has 234 valence electrons. The molecule has 1 fully saturated rings. The number of carbonyl (C=O) groups is 1. The third-order valence-corrected chi connectivity index (χ3v) is 8.37. The molecule has 46 heavy (non-hydrogen) atoms. The Kier molecular flexibility index (Phi) is 8.10.